The first-order chi connectivity index (χ1) is 46.0. The maximum absolute atomic E-state index is 13.1. The Morgan fingerprint density at radius 2 is 0.568 bits per heavy atom. The van der Waals surface area contributed by atoms with E-state index in [1.807, 2.05) is 0 Å². The van der Waals surface area contributed by atoms with Gasteiger partial charge in [0, 0.05) is 25.7 Å². The van der Waals surface area contributed by atoms with E-state index in [0.717, 1.165) is 121 Å². The molecule has 0 radical (unpaired) electrons. The fraction of sp³-hybridized carbons (Fsp3) is 0.895. The van der Waals surface area contributed by atoms with Crippen molar-refractivity contribution in [1.82, 2.24) is 0 Å². The minimum absolute atomic E-state index is 0.101. The number of carbonyl (C=O) groups is 4. The van der Waals surface area contributed by atoms with E-state index in [1.54, 1.807) is 0 Å². The summed E-state index contributed by atoms with van der Waals surface area (Å²) in [5, 5.41) is 10.6. The summed E-state index contributed by atoms with van der Waals surface area (Å²) in [4.78, 5) is 72.7. The van der Waals surface area contributed by atoms with Gasteiger partial charge in [0.25, 0.3) is 0 Å². The van der Waals surface area contributed by atoms with Gasteiger partial charge in [0.05, 0.1) is 26.4 Å². The lowest BCUT2D eigenvalue weighted by Gasteiger charge is -2.21. The average Bonchev–Trinajstić information content (AvgIpc) is 1.28. The highest BCUT2D eigenvalue weighted by Crippen LogP contribution is 2.45. The summed E-state index contributed by atoms with van der Waals surface area (Å²) in [7, 11) is -9.92. The molecule has 560 valence electrons. The van der Waals surface area contributed by atoms with Crippen molar-refractivity contribution in [3.63, 3.8) is 0 Å². The standard InChI is InChI=1S/C76H144O17P2/c1-6-9-12-15-18-21-23-25-28-33-36-40-45-50-55-60-74(79)87-66-72(93-76(81)62-57-52-47-42-38-34-30-27-26-29-32-35-39-43-48-53-58-69(4)5)68-91-95(84,85)89-64-70(77)63-88-94(82,83)90-67-71(65-86-73(78)59-54-49-44-20-17-14-11-8-3)92-75(80)61-56-51-46-41-37-31-24-22-19-16-13-10-7-2/h21,23,25,28,69-72,77H,6-20,22,24,26-27,29-68H2,1-5H3,(H,82,83)(H,84,85)/b23-21-,28-25-/t70-,71+,72+/m0/s1. The first kappa shape index (κ1) is 92.5. The highest BCUT2D eigenvalue weighted by atomic mass is 31.2. The van der Waals surface area contributed by atoms with E-state index in [1.165, 1.54) is 173 Å². The molecule has 5 atom stereocenters. The molecule has 0 aliphatic heterocycles. The fourth-order valence-electron chi connectivity index (χ4n) is 11.2. The molecular weight excluding hydrogens is 1250 g/mol. The molecule has 0 aromatic carbocycles. The number of aliphatic hydroxyl groups is 1. The van der Waals surface area contributed by atoms with E-state index in [2.05, 4.69) is 58.9 Å². The van der Waals surface area contributed by atoms with Crippen LogP contribution in [0.25, 0.3) is 0 Å². The van der Waals surface area contributed by atoms with Gasteiger partial charge in [-0.3, -0.25) is 37.3 Å². The number of esters is 4. The zero-order chi connectivity index (χ0) is 69.8. The van der Waals surface area contributed by atoms with E-state index in [0.29, 0.717) is 25.7 Å². The fourth-order valence-corrected chi connectivity index (χ4v) is 12.7. The Kier molecular flexibility index (Phi) is 66.9. The summed E-state index contributed by atoms with van der Waals surface area (Å²) < 4.78 is 68.4. The minimum atomic E-state index is -4.96. The molecule has 0 aromatic heterocycles. The smallest absolute Gasteiger partial charge is 0.462 e. The van der Waals surface area contributed by atoms with E-state index in [4.69, 9.17) is 37.0 Å². The van der Waals surface area contributed by atoms with E-state index in [-0.39, 0.29) is 25.7 Å². The van der Waals surface area contributed by atoms with Crippen LogP contribution in [0.3, 0.4) is 0 Å². The van der Waals surface area contributed by atoms with Crippen molar-refractivity contribution in [2.75, 3.05) is 39.6 Å². The number of phosphoric acid groups is 2. The van der Waals surface area contributed by atoms with Crippen molar-refractivity contribution in [1.29, 1.82) is 0 Å². The molecule has 3 N–H and O–H groups in total. The summed E-state index contributed by atoms with van der Waals surface area (Å²) in [5.41, 5.74) is 0. The van der Waals surface area contributed by atoms with Crippen LogP contribution in [0.4, 0.5) is 0 Å². The number of unbranched alkanes of at least 4 members (excludes halogenated alkanes) is 43. The van der Waals surface area contributed by atoms with Crippen molar-refractivity contribution in [2.24, 2.45) is 5.92 Å². The van der Waals surface area contributed by atoms with Crippen molar-refractivity contribution in [3.05, 3.63) is 24.3 Å². The van der Waals surface area contributed by atoms with Crippen molar-refractivity contribution in [2.45, 2.75) is 393 Å². The molecule has 0 heterocycles. The van der Waals surface area contributed by atoms with Gasteiger partial charge in [-0.15, -0.1) is 0 Å². The van der Waals surface area contributed by atoms with Crippen LogP contribution in [0.1, 0.15) is 375 Å². The number of rotatable bonds is 74. The molecule has 0 saturated carbocycles. The molecule has 95 heavy (non-hydrogen) atoms. The summed E-state index contributed by atoms with van der Waals surface area (Å²) in [6, 6.07) is 0. The van der Waals surface area contributed by atoms with Crippen LogP contribution >= 0.6 is 15.6 Å². The quantitative estimate of drug-likeness (QED) is 0.0169. The zero-order valence-corrected chi connectivity index (χ0v) is 63.1. The molecule has 19 heteroatoms. The van der Waals surface area contributed by atoms with E-state index < -0.39 is 97.5 Å². The third-order valence-corrected chi connectivity index (χ3v) is 19.1. The Morgan fingerprint density at radius 1 is 0.326 bits per heavy atom. The summed E-state index contributed by atoms with van der Waals surface area (Å²) in [6.07, 6.45) is 60.4. The van der Waals surface area contributed by atoms with Gasteiger partial charge in [0.1, 0.15) is 19.3 Å². The number of ether oxygens (including phenoxy) is 4. The minimum Gasteiger partial charge on any atom is -0.462 e. The number of allylic oxidation sites excluding steroid dienone is 4. The molecule has 0 fully saturated rings. The molecule has 2 unspecified atom stereocenters. The number of carbonyl (C=O) groups excluding carboxylic acids is 4. The van der Waals surface area contributed by atoms with Crippen LogP contribution in [0.2, 0.25) is 0 Å². The second-order valence-electron chi connectivity index (χ2n) is 27.2. The molecule has 0 bridgehead atoms. The molecule has 0 aliphatic carbocycles. The van der Waals surface area contributed by atoms with Crippen LogP contribution in [-0.2, 0) is 65.4 Å². The molecule has 0 aromatic rings. The maximum Gasteiger partial charge on any atom is 0.472 e. The normalized spacial score (nSPS) is 14.1. The second kappa shape index (κ2) is 68.7. The lowest BCUT2D eigenvalue weighted by atomic mass is 10.0. The molecule has 0 amide bonds. The lowest BCUT2D eigenvalue weighted by molar-refractivity contribution is -0.161. The van der Waals surface area contributed by atoms with Gasteiger partial charge in [0.2, 0.25) is 0 Å². The number of phosphoric ester groups is 2. The van der Waals surface area contributed by atoms with Crippen molar-refractivity contribution < 1.29 is 80.2 Å². The SMILES string of the molecule is CCCCCC/C=C\C=C/CCCCCCCC(=O)OC[C@H](COP(=O)(O)OC[C@@H](O)COP(=O)(O)OC[C@@H](COC(=O)CCCCCCCCCC)OC(=O)CCCCCCCCCCCCCCC)OC(=O)CCCCCCCCCCCCCCCCCCC(C)C. The molecule has 0 rings (SSSR count). The Morgan fingerprint density at radius 3 is 0.863 bits per heavy atom. The van der Waals surface area contributed by atoms with E-state index >= 15 is 0 Å². The van der Waals surface area contributed by atoms with Gasteiger partial charge < -0.3 is 33.8 Å². The Labute approximate surface area is 580 Å². The van der Waals surface area contributed by atoms with Gasteiger partial charge >= 0.3 is 39.5 Å². The number of hydrogen-bond donors (Lipinski definition) is 3. The summed E-state index contributed by atoms with van der Waals surface area (Å²) in [6.45, 7) is 7.23. The van der Waals surface area contributed by atoms with Crippen LogP contribution in [0, 0.1) is 5.92 Å². The zero-order valence-electron chi connectivity index (χ0n) is 61.3. The van der Waals surface area contributed by atoms with Gasteiger partial charge in [-0.2, -0.15) is 0 Å². The number of hydrogen-bond acceptors (Lipinski definition) is 15. The predicted octanol–water partition coefficient (Wildman–Crippen LogP) is 22.0. The monoisotopic (exact) mass is 1390 g/mol. The van der Waals surface area contributed by atoms with Gasteiger partial charge in [-0.05, 0) is 57.3 Å². The average molecular weight is 1390 g/mol. The molecule has 0 aliphatic rings. The first-order valence-corrected chi connectivity index (χ1v) is 41.9. The van der Waals surface area contributed by atoms with Crippen LogP contribution < -0.4 is 0 Å². The predicted molar refractivity (Wildman–Crippen MR) is 386 cm³/mol. The molecule has 17 nitrogen and oxygen atoms in total. The van der Waals surface area contributed by atoms with Crippen molar-refractivity contribution in [3.8, 4) is 0 Å². The topological polar surface area (TPSA) is 237 Å². The van der Waals surface area contributed by atoms with Gasteiger partial charge in [0.15, 0.2) is 12.2 Å². The Bertz CT molecular complexity index is 1920. The molecule has 0 spiro atoms. The third-order valence-electron chi connectivity index (χ3n) is 17.2. The number of aliphatic hydroxyl groups excluding tert-OH is 1. The van der Waals surface area contributed by atoms with E-state index in [9.17, 15) is 43.2 Å². The summed E-state index contributed by atoms with van der Waals surface area (Å²) >= 11 is 0. The van der Waals surface area contributed by atoms with Crippen LogP contribution in [0.5, 0.6) is 0 Å². The highest BCUT2D eigenvalue weighted by molar-refractivity contribution is 7.47. The van der Waals surface area contributed by atoms with Gasteiger partial charge in [-0.1, -0.05) is 322 Å². The highest BCUT2D eigenvalue weighted by Gasteiger charge is 2.30. The lowest BCUT2D eigenvalue weighted by Crippen LogP contribution is -2.30. The molecule has 0 saturated heterocycles. The molecular formula is C76H144O17P2. The second-order valence-corrected chi connectivity index (χ2v) is 30.1. The maximum atomic E-state index is 13.1. The van der Waals surface area contributed by atoms with Crippen LogP contribution in [0.15, 0.2) is 24.3 Å². The van der Waals surface area contributed by atoms with Crippen molar-refractivity contribution >= 4 is 39.5 Å². The third kappa shape index (κ3) is 69.8. The largest absolute Gasteiger partial charge is 0.472 e. The Balaban J connectivity index is 5.24. The van der Waals surface area contributed by atoms with Crippen LogP contribution in [-0.4, -0.2) is 96.7 Å². The summed E-state index contributed by atoms with van der Waals surface area (Å²) in [5.74, 6) is -1.34. The Hall–Kier alpha value is -2.46. The van der Waals surface area contributed by atoms with Gasteiger partial charge in [-0.25, -0.2) is 9.13 Å². The first-order valence-electron chi connectivity index (χ1n) is 39.0.